The van der Waals surface area contributed by atoms with Gasteiger partial charge in [-0.3, -0.25) is 14.2 Å². The normalized spacial score (nSPS) is 14.8. The maximum absolute atomic E-state index is 13.3. The largest absolute Gasteiger partial charge is 0.352 e. The van der Waals surface area contributed by atoms with E-state index in [1.165, 1.54) is 28.8 Å². The highest BCUT2D eigenvalue weighted by molar-refractivity contribution is 5.85. The number of fused-ring (bicyclic) bond motifs is 1. The minimum absolute atomic E-state index is 0.159. The molecule has 1 heterocycles. The summed E-state index contributed by atoms with van der Waals surface area (Å²) in [6.45, 7) is 1.83. The molecule has 0 spiro atoms. The Balaban J connectivity index is 1.99. The van der Waals surface area contributed by atoms with Crippen molar-refractivity contribution in [3.63, 3.8) is 0 Å². The molecule has 1 aliphatic carbocycles. The van der Waals surface area contributed by atoms with Crippen molar-refractivity contribution in [3.8, 4) is 5.69 Å². The predicted octanol–water partition coefficient (Wildman–Crippen LogP) is 2.52. The molecular weight excluding hydrogens is 361 g/mol. The van der Waals surface area contributed by atoms with Gasteiger partial charge in [-0.2, -0.15) is 0 Å². The standard InChI is InChI=1S/C21H20FN3O3/c1-2-17(19(26)23-14-9-10-14)25-18-6-4-3-5-16(18)20(27)24(21(25)28)15-11-7-13(22)8-12-15/h3-8,11-12,14,17H,2,9-10H2,1H3,(H,23,26)/t17-/m0/s1. The van der Waals surface area contributed by atoms with Crippen LogP contribution in [0.5, 0.6) is 0 Å². The lowest BCUT2D eigenvalue weighted by Gasteiger charge is -2.21. The summed E-state index contributed by atoms with van der Waals surface area (Å²) in [5.41, 5.74) is -0.448. The van der Waals surface area contributed by atoms with Gasteiger partial charge in [0.05, 0.1) is 16.6 Å². The summed E-state index contributed by atoms with van der Waals surface area (Å²) in [6, 6.07) is 11.3. The van der Waals surface area contributed by atoms with Crippen LogP contribution in [0.3, 0.4) is 0 Å². The molecule has 0 aliphatic heterocycles. The molecule has 1 atom stereocenters. The van der Waals surface area contributed by atoms with Crippen LogP contribution < -0.4 is 16.6 Å². The van der Waals surface area contributed by atoms with E-state index >= 15 is 0 Å². The van der Waals surface area contributed by atoms with Crippen molar-refractivity contribution in [1.82, 2.24) is 14.5 Å². The predicted molar refractivity (Wildman–Crippen MR) is 104 cm³/mol. The van der Waals surface area contributed by atoms with Crippen molar-refractivity contribution in [2.24, 2.45) is 0 Å². The van der Waals surface area contributed by atoms with E-state index in [0.717, 1.165) is 17.4 Å². The molecule has 1 saturated carbocycles. The molecule has 1 N–H and O–H groups in total. The fourth-order valence-electron chi connectivity index (χ4n) is 3.41. The Morgan fingerprint density at radius 1 is 1.14 bits per heavy atom. The summed E-state index contributed by atoms with van der Waals surface area (Å²) in [6.07, 6.45) is 2.27. The summed E-state index contributed by atoms with van der Waals surface area (Å²) >= 11 is 0. The Morgan fingerprint density at radius 2 is 1.82 bits per heavy atom. The van der Waals surface area contributed by atoms with E-state index in [4.69, 9.17) is 0 Å². The molecule has 2 aromatic carbocycles. The Labute approximate surface area is 160 Å². The highest BCUT2D eigenvalue weighted by atomic mass is 19.1. The third kappa shape index (κ3) is 3.13. The fourth-order valence-corrected chi connectivity index (χ4v) is 3.41. The van der Waals surface area contributed by atoms with Gasteiger partial charge in [-0.1, -0.05) is 19.1 Å². The summed E-state index contributed by atoms with van der Waals surface area (Å²) in [4.78, 5) is 39.1. The van der Waals surface area contributed by atoms with Gasteiger partial charge >= 0.3 is 5.69 Å². The minimum atomic E-state index is -0.745. The van der Waals surface area contributed by atoms with Crippen LogP contribution in [0.4, 0.5) is 4.39 Å². The molecule has 28 heavy (non-hydrogen) atoms. The Hall–Kier alpha value is -3.22. The van der Waals surface area contributed by atoms with E-state index in [2.05, 4.69) is 5.32 Å². The van der Waals surface area contributed by atoms with Crippen LogP contribution in [0.25, 0.3) is 16.6 Å². The van der Waals surface area contributed by atoms with Crippen LogP contribution in [0.15, 0.2) is 58.1 Å². The van der Waals surface area contributed by atoms with Gasteiger partial charge in [-0.15, -0.1) is 0 Å². The molecule has 1 aliphatic rings. The number of carbonyl (C=O) groups excluding carboxylic acids is 1. The lowest BCUT2D eigenvalue weighted by Crippen LogP contribution is -2.44. The van der Waals surface area contributed by atoms with Gasteiger partial charge in [0.25, 0.3) is 5.56 Å². The molecule has 0 bridgehead atoms. The smallest absolute Gasteiger partial charge is 0.336 e. The molecule has 1 aromatic heterocycles. The number of aromatic nitrogens is 2. The van der Waals surface area contributed by atoms with Crippen LogP contribution >= 0.6 is 0 Å². The summed E-state index contributed by atoms with van der Waals surface area (Å²) in [5, 5.41) is 3.26. The third-order valence-corrected chi connectivity index (χ3v) is 5.00. The number of halogens is 1. The quantitative estimate of drug-likeness (QED) is 0.738. The number of para-hydroxylation sites is 1. The summed E-state index contributed by atoms with van der Waals surface area (Å²) < 4.78 is 15.7. The second-order valence-corrected chi connectivity index (χ2v) is 6.99. The molecule has 6 nitrogen and oxygen atoms in total. The zero-order chi connectivity index (χ0) is 19.8. The number of hydrogen-bond donors (Lipinski definition) is 1. The van der Waals surface area contributed by atoms with Crippen molar-refractivity contribution < 1.29 is 9.18 Å². The first-order chi connectivity index (χ1) is 13.5. The monoisotopic (exact) mass is 381 g/mol. The second-order valence-electron chi connectivity index (χ2n) is 6.99. The molecule has 144 valence electrons. The molecule has 0 unspecified atom stereocenters. The summed E-state index contributed by atoms with van der Waals surface area (Å²) in [7, 11) is 0. The Kier molecular flexibility index (Phi) is 4.58. The first-order valence-corrected chi connectivity index (χ1v) is 9.34. The first kappa shape index (κ1) is 18.2. The van der Waals surface area contributed by atoms with Crippen LogP contribution in [-0.4, -0.2) is 21.1 Å². The van der Waals surface area contributed by atoms with E-state index in [9.17, 15) is 18.8 Å². The van der Waals surface area contributed by atoms with Crippen molar-refractivity contribution in [2.75, 3.05) is 0 Å². The number of rotatable bonds is 5. The van der Waals surface area contributed by atoms with Crippen molar-refractivity contribution in [1.29, 1.82) is 0 Å². The van der Waals surface area contributed by atoms with Crippen molar-refractivity contribution in [2.45, 2.75) is 38.3 Å². The Morgan fingerprint density at radius 3 is 2.46 bits per heavy atom. The number of nitrogens with zero attached hydrogens (tertiary/aromatic N) is 2. The van der Waals surface area contributed by atoms with E-state index in [-0.39, 0.29) is 17.6 Å². The third-order valence-electron chi connectivity index (χ3n) is 5.00. The number of carbonyl (C=O) groups is 1. The molecule has 4 rings (SSSR count). The maximum Gasteiger partial charge on any atom is 0.336 e. The van der Waals surface area contributed by atoms with Gasteiger partial charge in [-0.25, -0.2) is 13.8 Å². The van der Waals surface area contributed by atoms with E-state index in [1.54, 1.807) is 24.3 Å². The van der Waals surface area contributed by atoms with Gasteiger partial charge in [0.15, 0.2) is 0 Å². The molecule has 7 heteroatoms. The highest BCUT2D eigenvalue weighted by Crippen LogP contribution is 2.22. The molecule has 1 amide bonds. The average molecular weight is 381 g/mol. The van der Waals surface area contributed by atoms with E-state index in [0.29, 0.717) is 17.3 Å². The van der Waals surface area contributed by atoms with Crippen LogP contribution in [0, 0.1) is 5.82 Å². The minimum Gasteiger partial charge on any atom is -0.352 e. The van der Waals surface area contributed by atoms with Crippen LogP contribution in [-0.2, 0) is 4.79 Å². The molecule has 0 radical (unpaired) electrons. The molecular formula is C21H20FN3O3. The van der Waals surface area contributed by atoms with Gasteiger partial charge in [-0.05, 0) is 55.7 Å². The van der Waals surface area contributed by atoms with Gasteiger partial charge in [0, 0.05) is 6.04 Å². The van der Waals surface area contributed by atoms with Crippen LogP contribution in [0.1, 0.15) is 32.2 Å². The van der Waals surface area contributed by atoms with Crippen molar-refractivity contribution in [3.05, 3.63) is 75.2 Å². The number of benzene rings is 2. The number of hydrogen-bond acceptors (Lipinski definition) is 3. The zero-order valence-corrected chi connectivity index (χ0v) is 15.4. The fraction of sp³-hybridized carbons (Fsp3) is 0.286. The van der Waals surface area contributed by atoms with Gasteiger partial charge in [0.2, 0.25) is 5.91 Å². The topological polar surface area (TPSA) is 73.1 Å². The van der Waals surface area contributed by atoms with Crippen LogP contribution in [0.2, 0.25) is 0 Å². The number of nitrogens with one attached hydrogen (secondary N) is 1. The Bertz CT molecular complexity index is 1160. The maximum atomic E-state index is 13.3. The van der Waals surface area contributed by atoms with E-state index in [1.807, 2.05) is 6.92 Å². The van der Waals surface area contributed by atoms with Crippen molar-refractivity contribution >= 4 is 16.8 Å². The SMILES string of the molecule is CC[C@@H](C(=O)NC1CC1)n1c(=O)n(-c2ccc(F)cc2)c(=O)c2ccccc21. The zero-order valence-electron chi connectivity index (χ0n) is 15.4. The lowest BCUT2D eigenvalue weighted by atomic mass is 10.1. The van der Waals surface area contributed by atoms with Gasteiger partial charge in [0.1, 0.15) is 11.9 Å². The second kappa shape index (κ2) is 7.07. The highest BCUT2D eigenvalue weighted by Gasteiger charge is 2.30. The first-order valence-electron chi connectivity index (χ1n) is 9.34. The lowest BCUT2D eigenvalue weighted by molar-refractivity contribution is -0.124. The number of amides is 1. The van der Waals surface area contributed by atoms with E-state index < -0.39 is 23.1 Å². The molecule has 1 fully saturated rings. The van der Waals surface area contributed by atoms with Gasteiger partial charge < -0.3 is 5.32 Å². The average Bonchev–Trinajstić information content (AvgIpc) is 3.50. The molecule has 3 aromatic rings. The summed E-state index contributed by atoms with van der Waals surface area (Å²) in [5.74, 6) is -0.699. The molecule has 0 saturated heterocycles.